The predicted octanol–water partition coefficient (Wildman–Crippen LogP) is 3.41. The highest BCUT2D eigenvalue weighted by molar-refractivity contribution is 9.10. The molecule has 0 spiro atoms. The number of anilines is 1. The number of nitrogens with one attached hydrogen (secondary N) is 1. The lowest BCUT2D eigenvalue weighted by Gasteiger charge is -2.14. The zero-order valence-corrected chi connectivity index (χ0v) is 10.5. The summed E-state index contributed by atoms with van der Waals surface area (Å²) in [6, 6.07) is 8.13. The van der Waals surface area contributed by atoms with E-state index in [0.717, 1.165) is 10.3 Å². The van der Waals surface area contributed by atoms with E-state index < -0.39 is 0 Å². The molecular weight excluding hydrogens is 266 g/mol. The molecule has 0 aliphatic rings. The van der Waals surface area contributed by atoms with Crippen LogP contribution in [-0.4, -0.2) is 9.97 Å². The lowest BCUT2D eigenvalue weighted by molar-refractivity contribution is 0.871. The maximum absolute atomic E-state index is 4.27. The minimum Gasteiger partial charge on any atom is -0.364 e. The Hall–Kier alpha value is -1.42. The first-order valence-electron chi connectivity index (χ1n) is 5.04. The van der Waals surface area contributed by atoms with Crippen molar-refractivity contribution in [2.24, 2.45) is 0 Å². The van der Waals surface area contributed by atoms with Crippen LogP contribution in [0.3, 0.4) is 0 Å². The second-order valence-corrected chi connectivity index (χ2v) is 4.42. The monoisotopic (exact) mass is 277 g/mol. The summed E-state index contributed by atoms with van der Waals surface area (Å²) in [5, 5.41) is 3.33. The topological polar surface area (TPSA) is 37.8 Å². The van der Waals surface area contributed by atoms with Gasteiger partial charge in [0.05, 0.1) is 6.04 Å². The lowest BCUT2D eigenvalue weighted by atomic mass is 10.1. The molecule has 82 valence electrons. The van der Waals surface area contributed by atoms with Crippen molar-refractivity contribution in [3.63, 3.8) is 0 Å². The van der Waals surface area contributed by atoms with Crippen molar-refractivity contribution >= 4 is 21.7 Å². The average Bonchev–Trinajstić information content (AvgIpc) is 2.33. The summed E-state index contributed by atoms with van der Waals surface area (Å²) in [6.45, 7) is 2.10. The summed E-state index contributed by atoms with van der Waals surface area (Å²) in [4.78, 5) is 8.27. The highest BCUT2D eigenvalue weighted by Gasteiger charge is 2.04. The van der Waals surface area contributed by atoms with E-state index in [1.54, 1.807) is 18.6 Å². The van der Waals surface area contributed by atoms with E-state index in [1.807, 2.05) is 24.3 Å². The molecule has 0 radical (unpaired) electrons. The number of hydrogen-bond acceptors (Lipinski definition) is 3. The Morgan fingerprint density at radius 3 is 2.56 bits per heavy atom. The first-order chi connectivity index (χ1) is 7.75. The van der Waals surface area contributed by atoms with Gasteiger partial charge in [0.25, 0.3) is 0 Å². The van der Waals surface area contributed by atoms with Gasteiger partial charge in [-0.2, -0.15) is 0 Å². The molecule has 0 aliphatic carbocycles. The normalized spacial score (nSPS) is 12.1. The fourth-order valence-electron chi connectivity index (χ4n) is 1.42. The molecular formula is C12H12BrN3. The van der Waals surface area contributed by atoms with Gasteiger partial charge >= 0.3 is 0 Å². The number of nitrogens with zero attached hydrogens (tertiary/aromatic N) is 2. The minimum absolute atomic E-state index is 0.219. The van der Waals surface area contributed by atoms with E-state index in [9.17, 15) is 0 Å². The van der Waals surface area contributed by atoms with Crippen molar-refractivity contribution in [3.05, 3.63) is 52.9 Å². The lowest BCUT2D eigenvalue weighted by Crippen LogP contribution is -2.07. The molecule has 1 unspecified atom stereocenters. The number of halogens is 1. The molecule has 0 saturated heterocycles. The molecule has 0 amide bonds. The molecule has 2 heterocycles. The molecule has 0 aromatic carbocycles. The van der Waals surface area contributed by atoms with Gasteiger partial charge in [-0.1, -0.05) is 0 Å². The summed E-state index contributed by atoms with van der Waals surface area (Å²) in [5.41, 5.74) is 1.19. The first kappa shape index (κ1) is 11.1. The third-order valence-corrected chi connectivity index (χ3v) is 2.77. The van der Waals surface area contributed by atoms with E-state index in [1.165, 1.54) is 5.56 Å². The maximum atomic E-state index is 4.27. The van der Waals surface area contributed by atoms with Gasteiger partial charge in [-0.25, -0.2) is 4.98 Å². The van der Waals surface area contributed by atoms with E-state index in [4.69, 9.17) is 0 Å². The van der Waals surface area contributed by atoms with Crippen LogP contribution >= 0.6 is 15.9 Å². The Bertz CT molecular complexity index is 442. The Kier molecular flexibility index (Phi) is 3.51. The summed E-state index contributed by atoms with van der Waals surface area (Å²) < 4.78 is 0.981. The van der Waals surface area contributed by atoms with Gasteiger partial charge in [-0.15, -0.1) is 0 Å². The zero-order valence-electron chi connectivity index (χ0n) is 8.89. The van der Waals surface area contributed by atoms with Crippen molar-refractivity contribution in [2.45, 2.75) is 13.0 Å². The van der Waals surface area contributed by atoms with E-state index in [-0.39, 0.29) is 6.04 Å². The van der Waals surface area contributed by atoms with Crippen molar-refractivity contribution < 1.29 is 0 Å². The smallest absolute Gasteiger partial charge is 0.126 e. The molecule has 0 bridgehead atoms. The average molecular weight is 278 g/mol. The number of rotatable bonds is 3. The van der Waals surface area contributed by atoms with E-state index in [2.05, 4.69) is 38.1 Å². The maximum Gasteiger partial charge on any atom is 0.126 e. The summed E-state index contributed by atoms with van der Waals surface area (Å²) in [7, 11) is 0. The molecule has 2 rings (SSSR count). The minimum atomic E-state index is 0.219. The van der Waals surface area contributed by atoms with Gasteiger partial charge in [0.15, 0.2) is 0 Å². The molecule has 2 aromatic heterocycles. The Labute approximate surface area is 103 Å². The number of aromatic nitrogens is 2. The number of pyridine rings is 2. The molecule has 0 saturated carbocycles. The molecule has 2 aromatic rings. The van der Waals surface area contributed by atoms with Crippen LogP contribution in [0.1, 0.15) is 18.5 Å². The molecule has 0 aliphatic heterocycles. The largest absolute Gasteiger partial charge is 0.364 e. The standard InChI is InChI=1S/C12H12BrN3/c1-9(10-4-6-14-7-5-10)16-12-3-2-11(13)8-15-12/h2-9H,1H3,(H,15,16). The van der Waals surface area contributed by atoms with Crippen molar-refractivity contribution in [3.8, 4) is 0 Å². The quantitative estimate of drug-likeness (QED) is 0.934. The van der Waals surface area contributed by atoms with E-state index >= 15 is 0 Å². The van der Waals surface area contributed by atoms with Gasteiger partial charge in [-0.3, -0.25) is 4.98 Å². The fourth-order valence-corrected chi connectivity index (χ4v) is 1.65. The second kappa shape index (κ2) is 5.07. The molecule has 1 N–H and O–H groups in total. The van der Waals surface area contributed by atoms with E-state index in [0.29, 0.717) is 0 Å². The van der Waals surface area contributed by atoms with Gasteiger partial charge in [0, 0.05) is 23.1 Å². The van der Waals surface area contributed by atoms with Crippen LogP contribution in [0.4, 0.5) is 5.82 Å². The molecule has 4 heteroatoms. The van der Waals surface area contributed by atoms with Crippen LogP contribution in [0.2, 0.25) is 0 Å². The van der Waals surface area contributed by atoms with Crippen LogP contribution in [-0.2, 0) is 0 Å². The highest BCUT2D eigenvalue weighted by Crippen LogP contribution is 2.18. The Morgan fingerprint density at radius 2 is 1.94 bits per heavy atom. The molecule has 1 atom stereocenters. The fraction of sp³-hybridized carbons (Fsp3) is 0.167. The predicted molar refractivity (Wildman–Crippen MR) is 68.2 cm³/mol. The van der Waals surface area contributed by atoms with Crippen molar-refractivity contribution in [2.75, 3.05) is 5.32 Å². The SMILES string of the molecule is CC(Nc1ccc(Br)cn1)c1ccncc1. The molecule has 0 fully saturated rings. The summed E-state index contributed by atoms with van der Waals surface area (Å²) >= 11 is 3.36. The third-order valence-electron chi connectivity index (χ3n) is 2.30. The van der Waals surface area contributed by atoms with Crippen molar-refractivity contribution in [1.29, 1.82) is 0 Å². The van der Waals surface area contributed by atoms with Gasteiger partial charge < -0.3 is 5.32 Å². The van der Waals surface area contributed by atoms with Crippen LogP contribution in [0.15, 0.2) is 47.3 Å². The van der Waals surface area contributed by atoms with Crippen LogP contribution in [0, 0.1) is 0 Å². The van der Waals surface area contributed by atoms with Crippen LogP contribution < -0.4 is 5.32 Å². The molecule has 16 heavy (non-hydrogen) atoms. The first-order valence-corrected chi connectivity index (χ1v) is 5.83. The zero-order chi connectivity index (χ0) is 11.4. The Morgan fingerprint density at radius 1 is 1.19 bits per heavy atom. The second-order valence-electron chi connectivity index (χ2n) is 3.51. The number of hydrogen-bond donors (Lipinski definition) is 1. The van der Waals surface area contributed by atoms with Crippen LogP contribution in [0.25, 0.3) is 0 Å². The third kappa shape index (κ3) is 2.79. The Balaban J connectivity index is 2.08. The summed E-state index contributed by atoms with van der Waals surface area (Å²) in [5.74, 6) is 0.868. The van der Waals surface area contributed by atoms with Crippen LogP contribution in [0.5, 0.6) is 0 Å². The van der Waals surface area contributed by atoms with Gasteiger partial charge in [-0.05, 0) is 52.7 Å². The van der Waals surface area contributed by atoms with Gasteiger partial charge in [0.2, 0.25) is 0 Å². The highest BCUT2D eigenvalue weighted by atomic mass is 79.9. The molecule has 3 nitrogen and oxygen atoms in total. The van der Waals surface area contributed by atoms with Gasteiger partial charge in [0.1, 0.15) is 5.82 Å². The van der Waals surface area contributed by atoms with Crippen molar-refractivity contribution in [1.82, 2.24) is 9.97 Å². The summed E-state index contributed by atoms with van der Waals surface area (Å²) in [6.07, 6.45) is 5.37.